The predicted molar refractivity (Wildman–Crippen MR) is 97.0 cm³/mol. The van der Waals surface area contributed by atoms with Crippen molar-refractivity contribution in [2.45, 2.75) is 31.8 Å². The molecule has 2 rings (SSSR count). The second-order valence-electron chi connectivity index (χ2n) is 5.72. The van der Waals surface area contributed by atoms with Gasteiger partial charge in [0.1, 0.15) is 0 Å². The van der Waals surface area contributed by atoms with Gasteiger partial charge in [-0.25, -0.2) is 4.79 Å². The van der Waals surface area contributed by atoms with Crippen molar-refractivity contribution in [1.82, 2.24) is 10.6 Å². The minimum atomic E-state index is -0.241. The average molecular weight is 347 g/mol. The number of halogens is 1. The van der Waals surface area contributed by atoms with Crippen molar-refractivity contribution < 1.29 is 9.90 Å². The molecule has 24 heavy (non-hydrogen) atoms. The van der Waals surface area contributed by atoms with Crippen molar-refractivity contribution in [3.05, 3.63) is 70.7 Å². The zero-order valence-electron chi connectivity index (χ0n) is 13.7. The Balaban J connectivity index is 1.99. The maximum atomic E-state index is 12.3. The molecule has 0 aliphatic heterocycles. The number of aliphatic hydroxyl groups is 1. The molecule has 2 amide bonds. The quantitative estimate of drug-likeness (QED) is 0.703. The number of aliphatic hydroxyl groups excluding tert-OH is 1. The average Bonchev–Trinajstić information content (AvgIpc) is 2.59. The fraction of sp³-hybridized carbons (Fsp3) is 0.316. The first-order chi connectivity index (χ1) is 11.6. The van der Waals surface area contributed by atoms with E-state index < -0.39 is 0 Å². The van der Waals surface area contributed by atoms with Gasteiger partial charge in [-0.15, -0.1) is 0 Å². The van der Waals surface area contributed by atoms with Gasteiger partial charge in [0, 0.05) is 11.6 Å². The summed E-state index contributed by atoms with van der Waals surface area (Å²) in [6.45, 7) is 2.02. The van der Waals surface area contributed by atoms with Gasteiger partial charge in [-0.1, -0.05) is 54.1 Å². The summed E-state index contributed by atoms with van der Waals surface area (Å²) >= 11 is 6.00. The number of urea groups is 1. The summed E-state index contributed by atoms with van der Waals surface area (Å²) in [6.07, 6.45) is 1.31. The molecule has 0 bridgehead atoms. The van der Waals surface area contributed by atoms with E-state index in [1.807, 2.05) is 55.5 Å². The third kappa shape index (κ3) is 5.55. The lowest BCUT2D eigenvalue weighted by molar-refractivity contribution is 0.230. The third-order valence-electron chi connectivity index (χ3n) is 3.85. The van der Waals surface area contributed by atoms with Crippen molar-refractivity contribution >= 4 is 17.6 Å². The Morgan fingerprint density at radius 2 is 1.79 bits per heavy atom. The zero-order chi connectivity index (χ0) is 17.4. The molecule has 0 aliphatic carbocycles. The fourth-order valence-corrected chi connectivity index (χ4v) is 2.76. The molecule has 0 heterocycles. The highest BCUT2D eigenvalue weighted by atomic mass is 35.5. The highest BCUT2D eigenvalue weighted by molar-refractivity contribution is 6.30. The van der Waals surface area contributed by atoms with Gasteiger partial charge in [0.2, 0.25) is 0 Å². The highest BCUT2D eigenvalue weighted by Gasteiger charge is 2.16. The molecule has 2 aromatic rings. The van der Waals surface area contributed by atoms with Gasteiger partial charge >= 0.3 is 6.03 Å². The maximum absolute atomic E-state index is 12.3. The number of amides is 2. The number of nitrogens with one attached hydrogen (secondary N) is 2. The molecule has 2 unspecified atom stereocenters. The van der Waals surface area contributed by atoms with E-state index in [-0.39, 0.29) is 24.7 Å². The molecule has 0 aromatic heterocycles. The Labute approximate surface area is 147 Å². The standard InChI is InChI=1S/C19H23ClN2O2/c1-14(16-9-5-10-17(20)13-16)21-19(24)22-18(11-6-12-23)15-7-3-2-4-8-15/h2-5,7-10,13-14,18,23H,6,11-12H2,1H3,(H2,21,22,24). The Morgan fingerprint density at radius 1 is 1.08 bits per heavy atom. The summed E-state index contributed by atoms with van der Waals surface area (Å²) in [7, 11) is 0. The molecule has 0 radical (unpaired) electrons. The van der Waals surface area contributed by atoms with E-state index in [4.69, 9.17) is 16.7 Å². The van der Waals surface area contributed by atoms with Crippen LogP contribution in [-0.2, 0) is 0 Å². The van der Waals surface area contributed by atoms with Crippen LogP contribution in [-0.4, -0.2) is 17.7 Å². The van der Waals surface area contributed by atoms with E-state index in [0.29, 0.717) is 17.9 Å². The van der Waals surface area contributed by atoms with Crippen LogP contribution >= 0.6 is 11.6 Å². The Hall–Kier alpha value is -2.04. The Kier molecular flexibility index (Phi) is 7.09. The lowest BCUT2D eigenvalue weighted by Crippen LogP contribution is -2.39. The molecule has 2 aromatic carbocycles. The van der Waals surface area contributed by atoms with E-state index in [2.05, 4.69) is 10.6 Å². The SMILES string of the molecule is CC(NC(=O)NC(CCCO)c1ccccc1)c1cccc(Cl)c1. The van der Waals surface area contributed by atoms with Gasteiger partial charge in [-0.3, -0.25) is 0 Å². The van der Waals surface area contributed by atoms with E-state index in [0.717, 1.165) is 11.1 Å². The van der Waals surface area contributed by atoms with Crippen LogP contribution < -0.4 is 10.6 Å². The van der Waals surface area contributed by atoms with Crippen LogP contribution in [0.4, 0.5) is 4.79 Å². The van der Waals surface area contributed by atoms with Crippen LogP contribution in [0.2, 0.25) is 5.02 Å². The molecular weight excluding hydrogens is 324 g/mol. The van der Waals surface area contributed by atoms with Crippen LogP contribution in [0.5, 0.6) is 0 Å². The fourth-order valence-electron chi connectivity index (χ4n) is 2.56. The van der Waals surface area contributed by atoms with Crippen LogP contribution in [0.15, 0.2) is 54.6 Å². The van der Waals surface area contributed by atoms with Crippen molar-refractivity contribution in [1.29, 1.82) is 0 Å². The predicted octanol–water partition coefficient (Wildman–Crippen LogP) is 4.21. The Bertz CT molecular complexity index is 649. The summed E-state index contributed by atoms with van der Waals surface area (Å²) < 4.78 is 0. The van der Waals surface area contributed by atoms with E-state index in [1.165, 1.54) is 0 Å². The smallest absolute Gasteiger partial charge is 0.315 e. The summed E-state index contributed by atoms with van der Waals surface area (Å²) in [6, 6.07) is 16.7. The number of hydrogen-bond donors (Lipinski definition) is 3. The Morgan fingerprint density at radius 3 is 2.46 bits per heavy atom. The first kappa shape index (κ1) is 18.3. The zero-order valence-corrected chi connectivity index (χ0v) is 14.5. The topological polar surface area (TPSA) is 61.4 Å². The molecule has 0 spiro atoms. The van der Waals surface area contributed by atoms with Crippen LogP contribution in [0.3, 0.4) is 0 Å². The van der Waals surface area contributed by atoms with E-state index in [9.17, 15) is 4.79 Å². The van der Waals surface area contributed by atoms with Gasteiger partial charge in [-0.2, -0.15) is 0 Å². The first-order valence-electron chi connectivity index (χ1n) is 8.08. The maximum Gasteiger partial charge on any atom is 0.315 e. The highest BCUT2D eigenvalue weighted by Crippen LogP contribution is 2.20. The first-order valence-corrected chi connectivity index (χ1v) is 8.46. The molecule has 4 nitrogen and oxygen atoms in total. The van der Waals surface area contributed by atoms with Gasteiger partial charge in [0.25, 0.3) is 0 Å². The van der Waals surface area contributed by atoms with Gasteiger partial charge < -0.3 is 15.7 Å². The third-order valence-corrected chi connectivity index (χ3v) is 4.09. The van der Waals surface area contributed by atoms with E-state index >= 15 is 0 Å². The molecule has 128 valence electrons. The number of carbonyl (C=O) groups excluding carboxylic acids is 1. The van der Waals surface area contributed by atoms with Crippen LogP contribution in [0, 0.1) is 0 Å². The summed E-state index contributed by atoms with van der Waals surface area (Å²) in [5, 5.41) is 15.6. The molecule has 0 saturated carbocycles. The molecule has 0 saturated heterocycles. The van der Waals surface area contributed by atoms with Crippen LogP contribution in [0.25, 0.3) is 0 Å². The molecule has 3 N–H and O–H groups in total. The van der Waals surface area contributed by atoms with Gasteiger partial charge in [0.15, 0.2) is 0 Å². The second kappa shape index (κ2) is 9.30. The molecular formula is C19H23ClN2O2. The molecule has 5 heteroatoms. The van der Waals surface area contributed by atoms with Gasteiger partial charge in [-0.05, 0) is 43.0 Å². The number of hydrogen-bond acceptors (Lipinski definition) is 2. The number of carbonyl (C=O) groups is 1. The minimum Gasteiger partial charge on any atom is -0.396 e. The lowest BCUT2D eigenvalue weighted by atomic mass is 10.0. The van der Waals surface area contributed by atoms with Crippen molar-refractivity contribution in [2.24, 2.45) is 0 Å². The molecule has 0 fully saturated rings. The van der Waals surface area contributed by atoms with Crippen molar-refractivity contribution in [3.63, 3.8) is 0 Å². The van der Waals surface area contributed by atoms with E-state index in [1.54, 1.807) is 6.07 Å². The molecule has 2 atom stereocenters. The number of benzene rings is 2. The van der Waals surface area contributed by atoms with Gasteiger partial charge in [0.05, 0.1) is 12.1 Å². The lowest BCUT2D eigenvalue weighted by Gasteiger charge is -2.21. The minimum absolute atomic E-state index is 0.103. The largest absolute Gasteiger partial charge is 0.396 e. The van der Waals surface area contributed by atoms with Crippen LogP contribution in [0.1, 0.15) is 43.0 Å². The second-order valence-corrected chi connectivity index (χ2v) is 6.16. The van der Waals surface area contributed by atoms with Crippen molar-refractivity contribution in [3.8, 4) is 0 Å². The summed E-state index contributed by atoms with van der Waals surface area (Å²) in [5.41, 5.74) is 1.97. The normalized spacial score (nSPS) is 13.1. The number of rotatable bonds is 7. The van der Waals surface area contributed by atoms with Crippen molar-refractivity contribution in [2.75, 3.05) is 6.61 Å². The monoisotopic (exact) mass is 346 g/mol. The summed E-state index contributed by atoms with van der Waals surface area (Å²) in [4.78, 5) is 12.3. The molecule has 0 aliphatic rings. The summed E-state index contributed by atoms with van der Waals surface area (Å²) in [5.74, 6) is 0.